The van der Waals surface area contributed by atoms with Crippen LogP contribution < -0.4 is 4.74 Å². The molecule has 22 heavy (non-hydrogen) atoms. The lowest BCUT2D eigenvalue weighted by molar-refractivity contribution is -0.141. The summed E-state index contributed by atoms with van der Waals surface area (Å²) in [5.74, 6) is 0.291. The lowest BCUT2D eigenvalue weighted by atomic mass is 10.1. The number of pyridine rings is 1. The molecule has 0 aliphatic rings. The van der Waals surface area contributed by atoms with Crippen molar-refractivity contribution in [3.05, 3.63) is 47.7 Å². The molecule has 1 aromatic carbocycles. The molecule has 0 aliphatic heterocycles. The molecule has 0 saturated carbocycles. The van der Waals surface area contributed by atoms with Gasteiger partial charge in [-0.25, -0.2) is 4.98 Å². The fraction of sp³-hybridized carbons (Fsp3) is 0.312. The number of aliphatic hydroxyl groups is 1. The van der Waals surface area contributed by atoms with E-state index in [1.165, 1.54) is 6.07 Å². The fourth-order valence-electron chi connectivity index (χ4n) is 1.93. The summed E-state index contributed by atoms with van der Waals surface area (Å²) in [6.45, 7) is 3.44. The Morgan fingerprint density at radius 2 is 1.73 bits per heavy atom. The Bertz CT molecular complexity index is 637. The standard InChI is InChI=1S/C16H16F3NO2/c1-10(2)22-13-7-8-14(16(17,18)19)20-15(13)12-5-3-11(9-21)4-6-12/h3-8,10,21H,9H2,1-2H3. The summed E-state index contributed by atoms with van der Waals surface area (Å²) in [7, 11) is 0. The quantitative estimate of drug-likeness (QED) is 0.926. The number of hydrogen-bond acceptors (Lipinski definition) is 3. The van der Waals surface area contributed by atoms with Crippen molar-refractivity contribution in [2.24, 2.45) is 0 Å². The zero-order chi connectivity index (χ0) is 16.3. The molecule has 0 unspecified atom stereocenters. The third-order valence-electron chi connectivity index (χ3n) is 2.92. The SMILES string of the molecule is CC(C)Oc1ccc(C(F)(F)F)nc1-c1ccc(CO)cc1. The fourth-order valence-corrected chi connectivity index (χ4v) is 1.93. The van der Waals surface area contributed by atoms with Crippen LogP contribution in [-0.4, -0.2) is 16.2 Å². The van der Waals surface area contributed by atoms with Gasteiger partial charge in [0, 0.05) is 5.56 Å². The van der Waals surface area contributed by atoms with Crippen LogP contribution in [0.3, 0.4) is 0 Å². The van der Waals surface area contributed by atoms with Crippen LogP contribution in [0.1, 0.15) is 25.1 Å². The third-order valence-corrected chi connectivity index (χ3v) is 2.92. The first-order valence-corrected chi connectivity index (χ1v) is 6.76. The number of hydrogen-bond donors (Lipinski definition) is 1. The first kappa shape index (κ1) is 16.3. The lowest BCUT2D eigenvalue weighted by Crippen LogP contribution is -2.11. The third kappa shape index (κ3) is 3.76. The summed E-state index contributed by atoms with van der Waals surface area (Å²) in [6.07, 6.45) is -4.70. The topological polar surface area (TPSA) is 42.4 Å². The molecule has 118 valence electrons. The van der Waals surface area contributed by atoms with Crippen LogP contribution in [0.5, 0.6) is 5.75 Å². The van der Waals surface area contributed by atoms with Crippen LogP contribution in [0.4, 0.5) is 13.2 Å². The summed E-state index contributed by atoms with van der Waals surface area (Å²) in [5.41, 5.74) is 0.332. The molecule has 0 atom stereocenters. The van der Waals surface area contributed by atoms with Gasteiger partial charge in [0.25, 0.3) is 0 Å². The van der Waals surface area contributed by atoms with Crippen LogP contribution >= 0.6 is 0 Å². The van der Waals surface area contributed by atoms with Crippen molar-refractivity contribution in [1.29, 1.82) is 0 Å². The molecule has 0 aliphatic carbocycles. The van der Waals surface area contributed by atoms with Gasteiger partial charge in [0.05, 0.1) is 12.7 Å². The molecule has 6 heteroatoms. The van der Waals surface area contributed by atoms with E-state index in [0.29, 0.717) is 16.9 Å². The minimum Gasteiger partial charge on any atom is -0.489 e. The number of rotatable bonds is 4. The summed E-state index contributed by atoms with van der Waals surface area (Å²) >= 11 is 0. The van der Waals surface area contributed by atoms with E-state index in [-0.39, 0.29) is 18.4 Å². The number of aliphatic hydroxyl groups excluding tert-OH is 1. The largest absolute Gasteiger partial charge is 0.489 e. The molecule has 2 aromatic rings. The monoisotopic (exact) mass is 311 g/mol. The van der Waals surface area contributed by atoms with Gasteiger partial charge < -0.3 is 9.84 Å². The number of nitrogens with zero attached hydrogens (tertiary/aromatic N) is 1. The number of alkyl halides is 3. The van der Waals surface area contributed by atoms with Crippen molar-refractivity contribution < 1.29 is 23.0 Å². The summed E-state index contributed by atoms with van der Waals surface area (Å²) in [4.78, 5) is 3.71. The molecule has 0 fully saturated rings. The zero-order valence-corrected chi connectivity index (χ0v) is 12.2. The minimum atomic E-state index is -4.52. The highest BCUT2D eigenvalue weighted by Gasteiger charge is 2.33. The minimum absolute atomic E-state index is 0.132. The zero-order valence-electron chi connectivity index (χ0n) is 12.2. The van der Waals surface area contributed by atoms with Gasteiger partial charge in [-0.2, -0.15) is 13.2 Å². The number of ether oxygens (including phenoxy) is 1. The van der Waals surface area contributed by atoms with Crippen molar-refractivity contribution in [3.8, 4) is 17.0 Å². The Morgan fingerprint density at radius 1 is 1.09 bits per heavy atom. The maximum Gasteiger partial charge on any atom is 0.433 e. The highest BCUT2D eigenvalue weighted by atomic mass is 19.4. The summed E-state index contributed by atoms with van der Waals surface area (Å²) < 4.78 is 44.1. The molecule has 1 heterocycles. The Labute approximate surface area is 126 Å². The predicted octanol–water partition coefficient (Wildman–Crippen LogP) is 4.05. The van der Waals surface area contributed by atoms with Gasteiger partial charge in [-0.05, 0) is 31.5 Å². The molecule has 2 rings (SSSR count). The van der Waals surface area contributed by atoms with Crippen LogP contribution in [0, 0.1) is 0 Å². The first-order valence-electron chi connectivity index (χ1n) is 6.76. The average molecular weight is 311 g/mol. The second-order valence-corrected chi connectivity index (χ2v) is 5.06. The van der Waals surface area contributed by atoms with E-state index < -0.39 is 11.9 Å². The van der Waals surface area contributed by atoms with Gasteiger partial charge in [0.15, 0.2) is 0 Å². The van der Waals surface area contributed by atoms with E-state index in [1.807, 2.05) is 0 Å². The molecular formula is C16H16F3NO2. The van der Waals surface area contributed by atoms with Crippen molar-refractivity contribution in [1.82, 2.24) is 4.98 Å². The smallest absolute Gasteiger partial charge is 0.433 e. The first-order chi connectivity index (χ1) is 10.3. The van der Waals surface area contributed by atoms with Crippen LogP contribution in [0.25, 0.3) is 11.3 Å². The maximum atomic E-state index is 12.9. The van der Waals surface area contributed by atoms with Gasteiger partial charge in [0.2, 0.25) is 0 Å². The van der Waals surface area contributed by atoms with Gasteiger partial charge in [-0.3, -0.25) is 0 Å². The normalized spacial score (nSPS) is 11.8. The van der Waals surface area contributed by atoms with E-state index in [1.54, 1.807) is 38.1 Å². The molecule has 0 amide bonds. The van der Waals surface area contributed by atoms with Gasteiger partial charge >= 0.3 is 6.18 Å². The molecule has 0 saturated heterocycles. The van der Waals surface area contributed by atoms with Gasteiger partial charge in [0.1, 0.15) is 17.1 Å². The van der Waals surface area contributed by atoms with E-state index in [4.69, 9.17) is 9.84 Å². The Morgan fingerprint density at radius 3 is 2.23 bits per heavy atom. The molecule has 0 bridgehead atoms. The Balaban J connectivity index is 2.52. The highest BCUT2D eigenvalue weighted by Crippen LogP contribution is 2.34. The maximum absolute atomic E-state index is 12.9. The van der Waals surface area contributed by atoms with E-state index in [2.05, 4.69) is 4.98 Å². The van der Waals surface area contributed by atoms with Crippen LogP contribution in [0.15, 0.2) is 36.4 Å². The Hall–Kier alpha value is -2.08. The summed E-state index contributed by atoms with van der Waals surface area (Å²) in [6, 6.07) is 8.68. The molecule has 3 nitrogen and oxygen atoms in total. The van der Waals surface area contributed by atoms with Crippen molar-refractivity contribution >= 4 is 0 Å². The number of aromatic nitrogens is 1. The predicted molar refractivity (Wildman–Crippen MR) is 76.4 cm³/mol. The molecule has 0 radical (unpaired) electrons. The second kappa shape index (κ2) is 6.36. The van der Waals surface area contributed by atoms with Crippen molar-refractivity contribution in [2.45, 2.75) is 32.7 Å². The molecule has 1 N–H and O–H groups in total. The molecular weight excluding hydrogens is 295 g/mol. The highest BCUT2D eigenvalue weighted by molar-refractivity contribution is 5.66. The lowest BCUT2D eigenvalue weighted by Gasteiger charge is -2.16. The van der Waals surface area contributed by atoms with Crippen LogP contribution in [0.2, 0.25) is 0 Å². The van der Waals surface area contributed by atoms with Gasteiger partial charge in [-0.1, -0.05) is 24.3 Å². The van der Waals surface area contributed by atoms with Crippen LogP contribution in [-0.2, 0) is 12.8 Å². The van der Waals surface area contributed by atoms with E-state index in [0.717, 1.165) is 6.07 Å². The summed E-state index contributed by atoms with van der Waals surface area (Å²) in [5, 5.41) is 9.03. The van der Waals surface area contributed by atoms with E-state index in [9.17, 15) is 13.2 Å². The number of halogens is 3. The molecule has 1 aromatic heterocycles. The van der Waals surface area contributed by atoms with Crippen molar-refractivity contribution in [3.63, 3.8) is 0 Å². The average Bonchev–Trinajstić information content (AvgIpc) is 2.46. The number of benzene rings is 1. The van der Waals surface area contributed by atoms with E-state index >= 15 is 0 Å². The van der Waals surface area contributed by atoms with Crippen molar-refractivity contribution in [2.75, 3.05) is 0 Å². The molecule has 0 spiro atoms. The van der Waals surface area contributed by atoms with Gasteiger partial charge in [-0.15, -0.1) is 0 Å². The second-order valence-electron chi connectivity index (χ2n) is 5.06. The Kier molecular flexibility index (Phi) is 4.71.